The fraction of sp³-hybridized carbons (Fsp3) is 0.143. The molecule has 1 aromatic rings. The highest BCUT2D eigenvalue weighted by atomic mass is 28.1. The Morgan fingerprint density at radius 1 is 1.40 bits per heavy atom. The molecule has 0 aliphatic carbocycles. The van der Waals surface area contributed by atoms with Crippen LogP contribution in [-0.4, -0.2) is 10.2 Å². The summed E-state index contributed by atoms with van der Waals surface area (Å²) in [7, 11) is 1.12. The second-order valence-corrected chi connectivity index (χ2v) is 3.35. The van der Waals surface area contributed by atoms with Crippen molar-refractivity contribution in [3.63, 3.8) is 0 Å². The third-order valence-corrected chi connectivity index (χ3v) is 1.94. The minimum Gasteiger partial charge on any atom is -0.326 e. The predicted molar refractivity (Wildman–Crippen MR) is 46.4 cm³/mol. The Labute approximate surface area is 63.0 Å². The molecule has 3 heteroatoms. The molecule has 0 aliphatic heterocycles. The van der Waals surface area contributed by atoms with Crippen molar-refractivity contribution in [3.8, 4) is 0 Å². The average molecular weight is 157 g/mol. The van der Waals surface area contributed by atoms with E-state index in [1.165, 1.54) is 10.8 Å². The van der Waals surface area contributed by atoms with Crippen LogP contribution in [0.4, 0.5) is 4.70 Å². The molecule has 0 fully saturated rings. The van der Waals surface area contributed by atoms with Crippen LogP contribution in [0.5, 0.6) is 0 Å². The second kappa shape index (κ2) is 4.19. The first kappa shape index (κ1) is 9.33. The van der Waals surface area contributed by atoms with Gasteiger partial charge in [0.1, 0.15) is 0 Å². The standard InChI is InChI=1S/C7H11NSi.FH/c8-5-6-2-1-3-7(9)4-6;/h1-4H,5,8H2,9H3;1H. The number of rotatable bonds is 1. The maximum Gasteiger partial charge on any atom is 0.0385 e. The van der Waals surface area contributed by atoms with Crippen molar-refractivity contribution in [3.05, 3.63) is 29.8 Å². The van der Waals surface area contributed by atoms with E-state index >= 15 is 0 Å². The van der Waals surface area contributed by atoms with Crippen LogP contribution in [0, 0.1) is 0 Å². The van der Waals surface area contributed by atoms with Gasteiger partial charge in [0.15, 0.2) is 0 Å². The summed E-state index contributed by atoms with van der Waals surface area (Å²) in [6, 6.07) is 8.41. The predicted octanol–water partition coefficient (Wildman–Crippen LogP) is -0.711. The Morgan fingerprint density at radius 2 is 2.10 bits per heavy atom. The lowest BCUT2D eigenvalue weighted by atomic mass is 10.2. The van der Waals surface area contributed by atoms with Gasteiger partial charge in [-0.15, -0.1) is 0 Å². The molecule has 0 unspecified atom stereocenters. The summed E-state index contributed by atoms with van der Waals surface area (Å²) in [6.07, 6.45) is 0. The van der Waals surface area contributed by atoms with Gasteiger partial charge in [0.05, 0.1) is 0 Å². The van der Waals surface area contributed by atoms with Gasteiger partial charge in [0.2, 0.25) is 0 Å². The molecule has 0 spiro atoms. The zero-order valence-corrected chi connectivity index (χ0v) is 8.00. The molecule has 0 heterocycles. The van der Waals surface area contributed by atoms with Crippen LogP contribution in [0.25, 0.3) is 0 Å². The van der Waals surface area contributed by atoms with Crippen LogP contribution in [0.3, 0.4) is 0 Å². The summed E-state index contributed by atoms with van der Waals surface area (Å²) in [5.41, 5.74) is 6.67. The van der Waals surface area contributed by atoms with Crippen LogP contribution < -0.4 is 10.9 Å². The van der Waals surface area contributed by atoms with Crippen molar-refractivity contribution >= 4 is 15.4 Å². The van der Waals surface area contributed by atoms with Gasteiger partial charge in [-0.05, 0) is 5.56 Å². The third-order valence-electron chi connectivity index (χ3n) is 1.32. The van der Waals surface area contributed by atoms with Crippen LogP contribution in [-0.2, 0) is 6.54 Å². The first-order chi connectivity index (χ1) is 4.33. The van der Waals surface area contributed by atoms with Gasteiger partial charge in [0.25, 0.3) is 0 Å². The molecule has 1 rings (SSSR count). The van der Waals surface area contributed by atoms with E-state index in [1.54, 1.807) is 0 Å². The van der Waals surface area contributed by atoms with Crippen molar-refractivity contribution in [1.29, 1.82) is 0 Å². The highest BCUT2D eigenvalue weighted by molar-refractivity contribution is 6.32. The molecule has 0 saturated carbocycles. The molecule has 56 valence electrons. The summed E-state index contributed by atoms with van der Waals surface area (Å²) in [4.78, 5) is 0. The summed E-state index contributed by atoms with van der Waals surface area (Å²) in [5.74, 6) is 0. The van der Waals surface area contributed by atoms with Crippen LogP contribution in [0.15, 0.2) is 24.3 Å². The number of hydrogen-bond donors (Lipinski definition) is 1. The van der Waals surface area contributed by atoms with E-state index in [1.807, 2.05) is 0 Å². The molecular weight excluding hydrogens is 145 g/mol. The number of benzene rings is 1. The van der Waals surface area contributed by atoms with Crippen molar-refractivity contribution in [2.24, 2.45) is 5.73 Å². The molecule has 0 saturated heterocycles. The first-order valence-corrected chi connectivity index (χ1v) is 4.08. The summed E-state index contributed by atoms with van der Waals surface area (Å²) < 4.78 is 0. The Bertz CT molecular complexity index is 203. The topological polar surface area (TPSA) is 26.0 Å². The van der Waals surface area contributed by atoms with Gasteiger partial charge in [-0.25, -0.2) is 0 Å². The molecule has 10 heavy (non-hydrogen) atoms. The second-order valence-electron chi connectivity index (χ2n) is 2.19. The Hall–Kier alpha value is -0.673. The SMILES string of the molecule is F.NCc1cccc([SiH3])c1. The van der Waals surface area contributed by atoms with Gasteiger partial charge < -0.3 is 5.73 Å². The van der Waals surface area contributed by atoms with Gasteiger partial charge in [-0.1, -0.05) is 29.5 Å². The molecular formula is C7H12FNSi. The Morgan fingerprint density at radius 3 is 2.50 bits per heavy atom. The molecule has 1 aromatic carbocycles. The zero-order chi connectivity index (χ0) is 6.69. The minimum absolute atomic E-state index is 0. The van der Waals surface area contributed by atoms with Crippen LogP contribution in [0.1, 0.15) is 5.56 Å². The van der Waals surface area contributed by atoms with E-state index in [4.69, 9.17) is 5.73 Å². The molecule has 2 N–H and O–H groups in total. The van der Waals surface area contributed by atoms with Crippen LogP contribution in [0.2, 0.25) is 0 Å². The highest BCUT2D eigenvalue weighted by Gasteiger charge is 1.85. The van der Waals surface area contributed by atoms with E-state index in [9.17, 15) is 0 Å². The third kappa shape index (κ3) is 2.29. The van der Waals surface area contributed by atoms with E-state index in [-0.39, 0.29) is 4.70 Å². The molecule has 0 radical (unpaired) electrons. The fourth-order valence-corrected chi connectivity index (χ4v) is 1.40. The van der Waals surface area contributed by atoms with E-state index in [0.717, 1.165) is 10.2 Å². The number of nitrogens with two attached hydrogens (primary N) is 1. The van der Waals surface area contributed by atoms with Gasteiger partial charge in [-0.2, -0.15) is 0 Å². The fourth-order valence-electron chi connectivity index (χ4n) is 0.839. The smallest absolute Gasteiger partial charge is 0.0385 e. The zero-order valence-electron chi connectivity index (χ0n) is 6.00. The summed E-state index contributed by atoms with van der Waals surface area (Å²) in [6.45, 7) is 0.663. The lowest BCUT2D eigenvalue weighted by Gasteiger charge is -1.95. The first-order valence-electron chi connectivity index (χ1n) is 3.08. The molecule has 0 aromatic heterocycles. The lowest BCUT2D eigenvalue weighted by Crippen LogP contribution is -2.05. The largest absolute Gasteiger partial charge is 0.326 e. The number of halogens is 1. The van der Waals surface area contributed by atoms with Gasteiger partial charge >= 0.3 is 0 Å². The molecule has 0 aliphatic rings. The summed E-state index contributed by atoms with van der Waals surface area (Å²) >= 11 is 0. The molecule has 1 nitrogen and oxygen atoms in total. The van der Waals surface area contributed by atoms with Gasteiger partial charge in [-0.3, -0.25) is 4.70 Å². The van der Waals surface area contributed by atoms with Crippen molar-refractivity contribution < 1.29 is 4.70 Å². The Balaban J connectivity index is 0.000000810. The molecule has 0 atom stereocenters. The van der Waals surface area contributed by atoms with E-state index in [0.29, 0.717) is 6.54 Å². The quantitative estimate of drug-likeness (QED) is 0.535. The maximum atomic E-state index is 5.43. The van der Waals surface area contributed by atoms with E-state index in [2.05, 4.69) is 24.3 Å². The van der Waals surface area contributed by atoms with Crippen molar-refractivity contribution in [1.82, 2.24) is 0 Å². The van der Waals surface area contributed by atoms with Crippen LogP contribution >= 0.6 is 0 Å². The maximum absolute atomic E-state index is 5.43. The number of hydrogen-bond acceptors (Lipinski definition) is 1. The molecule has 0 bridgehead atoms. The van der Waals surface area contributed by atoms with Gasteiger partial charge in [0, 0.05) is 16.8 Å². The van der Waals surface area contributed by atoms with Crippen molar-refractivity contribution in [2.45, 2.75) is 6.54 Å². The highest BCUT2D eigenvalue weighted by Crippen LogP contribution is 1.91. The van der Waals surface area contributed by atoms with E-state index < -0.39 is 0 Å². The Kier molecular flexibility index (Phi) is 3.91. The normalized spacial score (nSPS) is 8.90. The minimum atomic E-state index is 0. The lowest BCUT2D eigenvalue weighted by molar-refractivity contribution is 1.07. The summed E-state index contributed by atoms with van der Waals surface area (Å²) in [5, 5.41) is 1.41. The average Bonchev–Trinajstić information content (AvgIpc) is 1.88. The monoisotopic (exact) mass is 157 g/mol. The molecule has 0 amide bonds. The van der Waals surface area contributed by atoms with Crippen molar-refractivity contribution in [2.75, 3.05) is 0 Å².